The Hall–Kier alpha value is -1.62. The molecule has 0 spiro atoms. The van der Waals surface area contributed by atoms with Gasteiger partial charge in [0.1, 0.15) is 18.2 Å². The van der Waals surface area contributed by atoms with Gasteiger partial charge >= 0.3 is 0 Å². The number of hydrogen-bond donors (Lipinski definition) is 0. The first-order valence-corrected chi connectivity index (χ1v) is 8.65. The maximum atomic E-state index is 13.2. The highest BCUT2D eigenvalue weighted by Gasteiger charge is 2.17. The molecule has 1 heterocycles. The summed E-state index contributed by atoms with van der Waals surface area (Å²) in [6, 6.07) is 14.9. The molecule has 1 aliphatic rings. The van der Waals surface area contributed by atoms with Gasteiger partial charge in [-0.3, -0.25) is 9.80 Å². The van der Waals surface area contributed by atoms with Crippen molar-refractivity contribution in [2.75, 3.05) is 39.3 Å². The van der Waals surface area contributed by atoms with E-state index in [4.69, 9.17) is 16.3 Å². The molecular weight excluding hydrogens is 327 g/mol. The third-order valence-corrected chi connectivity index (χ3v) is 4.56. The average molecular weight is 349 g/mol. The molecule has 0 unspecified atom stereocenters. The highest BCUT2D eigenvalue weighted by molar-refractivity contribution is 6.30. The third-order valence-electron chi connectivity index (χ3n) is 4.27. The standard InChI is InChI=1S/C19H22ClFN2O/c20-18-14-16(6-7-19(18)21)15-23-10-8-22(9-11-23)12-13-24-17-4-2-1-3-5-17/h1-7,14H,8-13,15H2. The van der Waals surface area contributed by atoms with E-state index in [1.54, 1.807) is 12.1 Å². The fourth-order valence-corrected chi connectivity index (χ4v) is 3.08. The van der Waals surface area contributed by atoms with Gasteiger partial charge in [0.15, 0.2) is 0 Å². The van der Waals surface area contributed by atoms with Crippen LogP contribution < -0.4 is 4.74 Å². The van der Waals surface area contributed by atoms with Crippen molar-refractivity contribution < 1.29 is 9.13 Å². The molecule has 2 aromatic carbocycles. The Bertz CT molecular complexity index is 645. The zero-order chi connectivity index (χ0) is 16.8. The highest BCUT2D eigenvalue weighted by atomic mass is 35.5. The van der Waals surface area contributed by atoms with E-state index < -0.39 is 0 Å². The first-order valence-electron chi connectivity index (χ1n) is 8.27. The fourth-order valence-electron chi connectivity index (χ4n) is 2.88. The first-order chi connectivity index (χ1) is 11.7. The number of para-hydroxylation sites is 1. The second-order valence-corrected chi connectivity index (χ2v) is 6.43. The second kappa shape index (κ2) is 8.47. The van der Waals surface area contributed by atoms with Gasteiger partial charge in [0.2, 0.25) is 0 Å². The van der Waals surface area contributed by atoms with Gasteiger partial charge in [-0.05, 0) is 29.8 Å². The molecule has 0 amide bonds. The van der Waals surface area contributed by atoms with E-state index in [9.17, 15) is 4.39 Å². The lowest BCUT2D eigenvalue weighted by atomic mass is 10.2. The van der Waals surface area contributed by atoms with Crippen LogP contribution in [0.15, 0.2) is 48.5 Å². The average Bonchev–Trinajstić information content (AvgIpc) is 2.61. The van der Waals surface area contributed by atoms with Crippen LogP contribution in [0.3, 0.4) is 0 Å². The molecule has 2 aromatic rings. The van der Waals surface area contributed by atoms with Gasteiger partial charge in [-0.25, -0.2) is 4.39 Å². The molecule has 0 bridgehead atoms. The SMILES string of the molecule is Fc1ccc(CN2CCN(CCOc3ccccc3)CC2)cc1Cl. The molecule has 0 radical (unpaired) electrons. The molecule has 5 heteroatoms. The van der Waals surface area contributed by atoms with Gasteiger partial charge < -0.3 is 4.74 Å². The molecule has 0 aromatic heterocycles. The summed E-state index contributed by atoms with van der Waals surface area (Å²) in [7, 11) is 0. The fraction of sp³-hybridized carbons (Fsp3) is 0.368. The number of benzene rings is 2. The van der Waals surface area contributed by atoms with Crippen LogP contribution in [0.1, 0.15) is 5.56 Å². The monoisotopic (exact) mass is 348 g/mol. The van der Waals surface area contributed by atoms with Crippen LogP contribution in [0.2, 0.25) is 5.02 Å². The number of ether oxygens (including phenoxy) is 1. The third kappa shape index (κ3) is 4.94. The van der Waals surface area contributed by atoms with Crippen molar-refractivity contribution in [1.82, 2.24) is 9.80 Å². The lowest BCUT2D eigenvalue weighted by molar-refractivity contribution is 0.112. The Balaban J connectivity index is 1.38. The zero-order valence-corrected chi connectivity index (χ0v) is 14.4. The lowest BCUT2D eigenvalue weighted by Crippen LogP contribution is -2.47. The summed E-state index contributed by atoms with van der Waals surface area (Å²) in [5.74, 6) is 0.563. The van der Waals surface area contributed by atoms with E-state index in [1.165, 1.54) is 6.07 Å². The van der Waals surface area contributed by atoms with Crippen molar-refractivity contribution in [2.24, 2.45) is 0 Å². The van der Waals surface area contributed by atoms with Gasteiger partial charge in [-0.15, -0.1) is 0 Å². The zero-order valence-electron chi connectivity index (χ0n) is 13.6. The normalized spacial score (nSPS) is 16.2. The summed E-state index contributed by atoms with van der Waals surface area (Å²) in [5.41, 5.74) is 1.06. The lowest BCUT2D eigenvalue weighted by Gasteiger charge is -2.34. The van der Waals surface area contributed by atoms with E-state index in [1.807, 2.05) is 30.3 Å². The molecule has 0 N–H and O–H groups in total. The number of halogens is 2. The Morgan fingerprint density at radius 2 is 1.67 bits per heavy atom. The van der Waals surface area contributed by atoms with Gasteiger partial charge in [-0.2, -0.15) is 0 Å². The maximum Gasteiger partial charge on any atom is 0.141 e. The summed E-state index contributed by atoms with van der Waals surface area (Å²) in [5, 5.41) is 0.198. The van der Waals surface area contributed by atoms with E-state index in [0.29, 0.717) is 6.61 Å². The van der Waals surface area contributed by atoms with E-state index >= 15 is 0 Å². The minimum atomic E-state index is -0.358. The van der Waals surface area contributed by atoms with Crippen molar-refractivity contribution in [1.29, 1.82) is 0 Å². The van der Waals surface area contributed by atoms with Crippen LogP contribution >= 0.6 is 11.6 Å². The summed E-state index contributed by atoms with van der Waals surface area (Å²) in [6.45, 7) is 6.50. The van der Waals surface area contributed by atoms with Crippen molar-refractivity contribution >= 4 is 11.6 Å². The van der Waals surface area contributed by atoms with Gasteiger partial charge in [-0.1, -0.05) is 35.9 Å². The molecule has 0 aliphatic carbocycles. The Morgan fingerprint density at radius 1 is 0.958 bits per heavy atom. The number of piperazine rings is 1. The van der Waals surface area contributed by atoms with Crippen LogP contribution in [0.4, 0.5) is 4.39 Å². The minimum absolute atomic E-state index is 0.198. The Labute approximate surface area is 147 Å². The quantitative estimate of drug-likeness (QED) is 0.792. The van der Waals surface area contributed by atoms with Gasteiger partial charge in [0.05, 0.1) is 5.02 Å². The van der Waals surface area contributed by atoms with Crippen LogP contribution in [-0.4, -0.2) is 49.1 Å². The van der Waals surface area contributed by atoms with Crippen molar-refractivity contribution in [2.45, 2.75) is 6.54 Å². The predicted octanol–water partition coefficient (Wildman–Crippen LogP) is 3.68. The second-order valence-electron chi connectivity index (χ2n) is 6.03. The Morgan fingerprint density at radius 3 is 2.38 bits per heavy atom. The Kier molecular flexibility index (Phi) is 6.07. The van der Waals surface area contributed by atoms with Gasteiger partial charge in [0, 0.05) is 39.3 Å². The molecule has 3 nitrogen and oxygen atoms in total. The van der Waals surface area contributed by atoms with Crippen molar-refractivity contribution in [3.8, 4) is 5.75 Å². The summed E-state index contributed by atoms with van der Waals surface area (Å²) in [6.07, 6.45) is 0. The molecule has 1 saturated heterocycles. The van der Waals surface area contributed by atoms with Crippen LogP contribution in [0.5, 0.6) is 5.75 Å². The molecule has 0 saturated carbocycles. The molecule has 3 rings (SSSR count). The predicted molar refractivity (Wildman–Crippen MR) is 95.1 cm³/mol. The summed E-state index contributed by atoms with van der Waals surface area (Å²) < 4.78 is 19.0. The van der Waals surface area contributed by atoms with E-state index in [-0.39, 0.29) is 10.8 Å². The highest BCUT2D eigenvalue weighted by Crippen LogP contribution is 2.18. The summed E-state index contributed by atoms with van der Waals surface area (Å²) in [4.78, 5) is 4.79. The molecule has 1 aliphatic heterocycles. The smallest absolute Gasteiger partial charge is 0.141 e. The van der Waals surface area contributed by atoms with E-state index in [2.05, 4.69) is 9.80 Å². The largest absolute Gasteiger partial charge is 0.492 e. The van der Waals surface area contributed by atoms with E-state index in [0.717, 1.165) is 50.6 Å². The van der Waals surface area contributed by atoms with Crippen molar-refractivity contribution in [3.63, 3.8) is 0 Å². The number of nitrogens with zero attached hydrogens (tertiary/aromatic N) is 2. The molecule has 0 atom stereocenters. The minimum Gasteiger partial charge on any atom is -0.492 e. The topological polar surface area (TPSA) is 15.7 Å². The van der Waals surface area contributed by atoms with Crippen molar-refractivity contribution in [3.05, 3.63) is 64.9 Å². The molecule has 128 valence electrons. The van der Waals surface area contributed by atoms with Crippen LogP contribution in [0, 0.1) is 5.82 Å². The van der Waals surface area contributed by atoms with Crippen LogP contribution in [0.25, 0.3) is 0 Å². The maximum absolute atomic E-state index is 13.2. The summed E-state index contributed by atoms with van der Waals surface area (Å²) >= 11 is 5.85. The molecule has 24 heavy (non-hydrogen) atoms. The molecule has 1 fully saturated rings. The first kappa shape index (κ1) is 17.2. The van der Waals surface area contributed by atoms with Gasteiger partial charge in [0.25, 0.3) is 0 Å². The molecular formula is C19H22ClFN2O. The number of rotatable bonds is 6. The number of hydrogen-bond acceptors (Lipinski definition) is 3. The van der Waals surface area contributed by atoms with Crippen LogP contribution in [-0.2, 0) is 6.54 Å².